The third kappa shape index (κ3) is 4.04. The normalized spacial score (nSPS) is 10.6. The molecule has 0 spiro atoms. The van der Waals surface area contributed by atoms with Gasteiger partial charge in [-0.2, -0.15) is 0 Å². The van der Waals surface area contributed by atoms with Crippen molar-refractivity contribution >= 4 is 33.7 Å². The maximum absolute atomic E-state index is 11.4. The molecule has 2 aromatic carbocycles. The largest absolute Gasteiger partial charge is 0.465 e. The molecule has 24 heavy (non-hydrogen) atoms. The molecule has 0 aliphatic carbocycles. The number of methoxy groups -OCH3 is 1. The zero-order valence-corrected chi connectivity index (χ0v) is 15.1. The zero-order chi connectivity index (χ0) is 16.9. The van der Waals surface area contributed by atoms with Gasteiger partial charge in [0.2, 0.25) is 5.89 Å². The maximum Gasteiger partial charge on any atom is 0.337 e. The highest BCUT2D eigenvalue weighted by Gasteiger charge is 2.10. The molecule has 5 nitrogen and oxygen atoms in total. The van der Waals surface area contributed by atoms with E-state index in [0.717, 1.165) is 15.6 Å². The molecule has 3 rings (SSSR count). The van der Waals surface area contributed by atoms with E-state index >= 15 is 0 Å². The number of halogens is 1. The molecule has 7 heteroatoms. The Hall–Kier alpha value is -2.12. The third-order valence-electron chi connectivity index (χ3n) is 3.22. The number of benzene rings is 2. The molecule has 0 aliphatic heterocycles. The molecule has 0 radical (unpaired) electrons. The van der Waals surface area contributed by atoms with Crippen LogP contribution in [-0.2, 0) is 10.5 Å². The Morgan fingerprint density at radius 1 is 1.21 bits per heavy atom. The van der Waals surface area contributed by atoms with Gasteiger partial charge in [0.15, 0.2) is 0 Å². The number of carbonyl (C=O) groups excluding carboxylic acids is 1. The van der Waals surface area contributed by atoms with E-state index in [2.05, 4.69) is 30.9 Å². The highest BCUT2D eigenvalue weighted by atomic mass is 79.9. The van der Waals surface area contributed by atoms with Gasteiger partial charge in [0, 0.05) is 15.8 Å². The van der Waals surface area contributed by atoms with Crippen LogP contribution in [0.5, 0.6) is 0 Å². The average molecular weight is 405 g/mol. The van der Waals surface area contributed by atoms with E-state index in [9.17, 15) is 4.79 Å². The minimum atomic E-state index is -0.343. The van der Waals surface area contributed by atoms with E-state index in [-0.39, 0.29) is 5.97 Å². The van der Waals surface area contributed by atoms with Gasteiger partial charge in [-0.15, -0.1) is 10.2 Å². The average Bonchev–Trinajstić information content (AvgIpc) is 3.09. The lowest BCUT2D eigenvalue weighted by Gasteiger charge is -2.01. The molecule has 122 valence electrons. The highest BCUT2D eigenvalue weighted by molar-refractivity contribution is 9.10. The Morgan fingerprint density at radius 2 is 2.00 bits per heavy atom. The molecule has 0 atom stereocenters. The van der Waals surface area contributed by atoms with Crippen molar-refractivity contribution in [2.75, 3.05) is 7.11 Å². The predicted molar refractivity (Wildman–Crippen MR) is 94.8 cm³/mol. The topological polar surface area (TPSA) is 65.2 Å². The first-order valence-electron chi connectivity index (χ1n) is 7.05. The van der Waals surface area contributed by atoms with Crippen molar-refractivity contribution in [1.82, 2.24) is 10.2 Å². The first-order valence-corrected chi connectivity index (χ1v) is 8.83. The van der Waals surface area contributed by atoms with Crippen LogP contribution in [0.25, 0.3) is 11.5 Å². The fourth-order valence-electron chi connectivity index (χ4n) is 2.01. The molecule has 3 aromatic rings. The van der Waals surface area contributed by atoms with Gasteiger partial charge < -0.3 is 9.15 Å². The molecule has 1 aromatic heterocycles. The predicted octanol–water partition coefficient (Wildman–Crippen LogP) is 4.58. The van der Waals surface area contributed by atoms with Gasteiger partial charge in [-0.05, 0) is 35.9 Å². The maximum atomic E-state index is 11.4. The number of esters is 1. The van der Waals surface area contributed by atoms with Crippen molar-refractivity contribution in [3.63, 3.8) is 0 Å². The zero-order valence-electron chi connectivity index (χ0n) is 12.7. The van der Waals surface area contributed by atoms with Crippen LogP contribution in [0, 0.1) is 0 Å². The fourth-order valence-corrected chi connectivity index (χ4v) is 3.12. The Morgan fingerprint density at radius 3 is 2.71 bits per heavy atom. The summed E-state index contributed by atoms with van der Waals surface area (Å²) in [6.45, 7) is 0. The van der Waals surface area contributed by atoms with E-state index in [1.54, 1.807) is 12.1 Å². The molecule has 0 saturated carbocycles. The molecule has 0 N–H and O–H groups in total. The minimum absolute atomic E-state index is 0.343. The molecule has 0 bridgehead atoms. The van der Waals surface area contributed by atoms with Gasteiger partial charge in [-0.25, -0.2) is 4.79 Å². The smallest absolute Gasteiger partial charge is 0.337 e. The summed E-state index contributed by atoms with van der Waals surface area (Å²) in [5.74, 6) is 0.811. The lowest BCUT2D eigenvalue weighted by Crippen LogP contribution is -2.00. The first kappa shape index (κ1) is 16.7. The van der Waals surface area contributed by atoms with Crippen LogP contribution in [0.4, 0.5) is 0 Å². The minimum Gasteiger partial charge on any atom is -0.465 e. The van der Waals surface area contributed by atoms with Crippen LogP contribution in [-0.4, -0.2) is 23.3 Å². The fraction of sp³-hybridized carbons (Fsp3) is 0.118. The lowest BCUT2D eigenvalue weighted by molar-refractivity contribution is 0.0600. The number of thioether (sulfide) groups is 1. The second kappa shape index (κ2) is 7.63. The van der Waals surface area contributed by atoms with Crippen LogP contribution in [0.15, 0.2) is 62.6 Å². The van der Waals surface area contributed by atoms with Crippen LogP contribution in [0.1, 0.15) is 15.9 Å². The highest BCUT2D eigenvalue weighted by Crippen LogP contribution is 2.27. The summed E-state index contributed by atoms with van der Waals surface area (Å²) in [7, 11) is 1.37. The summed E-state index contributed by atoms with van der Waals surface area (Å²) < 4.78 is 11.3. The van der Waals surface area contributed by atoms with Crippen molar-refractivity contribution < 1.29 is 13.9 Å². The first-order chi connectivity index (χ1) is 11.7. The quantitative estimate of drug-likeness (QED) is 0.458. The van der Waals surface area contributed by atoms with Crippen molar-refractivity contribution in [3.05, 3.63) is 64.1 Å². The number of ether oxygens (including phenoxy) is 1. The SMILES string of the molecule is COC(=O)c1ccc(CSc2nnc(-c3cccc(Br)c3)o2)cc1. The molecule has 0 fully saturated rings. The molecular weight excluding hydrogens is 392 g/mol. The summed E-state index contributed by atoms with van der Waals surface area (Å²) in [6, 6.07) is 14.9. The number of hydrogen-bond donors (Lipinski definition) is 0. The number of nitrogens with zero attached hydrogens (tertiary/aromatic N) is 2. The van der Waals surface area contributed by atoms with Crippen LogP contribution in [0.2, 0.25) is 0 Å². The van der Waals surface area contributed by atoms with Crippen molar-refractivity contribution in [3.8, 4) is 11.5 Å². The van der Waals surface area contributed by atoms with E-state index in [1.807, 2.05) is 36.4 Å². The van der Waals surface area contributed by atoms with E-state index < -0.39 is 0 Å². The second-order valence-electron chi connectivity index (χ2n) is 4.86. The van der Waals surface area contributed by atoms with Crippen molar-refractivity contribution in [1.29, 1.82) is 0 Å². The van der Waals surface area contributed by atoms with Gasteiger partial charge in [0.05, 0.1) is 12.7 Å². The van der Waals surface area contributed by atoms with Gasteiger partial charge in [0.25, 0.3) is 5.22 Å². The van der Waals surface area contributed by atoms with Crippen molar-refractivity contribution in [2.45, 2.75) is 11.0 Å². The summed E-state index contributed by atoms with van der Waals surface area (Å²) in [5.41, 5.74) is 2.45. The van der Waals surface area contributed by atoms with Crippen LogP contribution in [0.3, 0.4) is 0 Å². The van der Waals surface area contributed by atoms with E-state index in [1.165, 1.54) is 18.9 Å². The van der Waals surface area contributed by atoms with Gasteiger partial charge in [0.1, 0.15) is 0 Å². The number of carbonyl (C=O) groups is 1. The Labute approximate surface area is 151 Å². The van der Waals surface area contributed by atoms with Gasteiger partial charge in [-0.1, -0.05) is 45.9 Å². The number of aromatic nitrogens is 2. The van der Waals surface area contributed by atoms with Crippen LogP contribution < -0.4 is 0 Å². The molecule has 0 unspecified atom stereocenters. The number of hydrogen-bond acceptors (Lipinski definition) is 6. The molecule has 0 aliphatic rings. The number of rotatable bonds is 5. The second-order valence-corrected chi connectivity index (χ2v) is 6.70. The Bertz CT molecular complexity index is 849. The standard InChI is InChI=1S/C17H13BrN2O3S/c1-22-16(21)12-7-5-11(6-8-12)10-24-17-20-19-15(23-17)13-3-2-4-14(18)9-13/h2-9H,10H2,1H3. The van der Waals surface area contributed by atoms with Gasteiger partial charge >= 0.3 is 5.97 Å². The Balaban J connectivity index is 1.64. The summed E-state index contributed by atoms with van der Waals surface area (Å²) in [5, 5.41) is 8.62. The molecule has 0 saturated heterocycles. The monoisotopic (exact) mass is 404 g/mol. The Kier molecular flexibility index (Phi) is 5.32. The third-order valence-corrected chi connectivity index (χ3v) is 4.60. The van der Waals surface area contributed by atoms with E-state index in [0.29, 0.717) is 22.4 Å². The molecule has 0 amide bonds. The van der Waals surface area contributed by atoms with E-state index in [4.69, 9.17) is 4.42 Å². The van der Waals surface area contributed by atoms with Crippen LogP contribution >= 0.6 is 27.7 Å². The summed E-state index contributed by atoms with van der Waals surface area (Å²) in [6.07, 6.45) is 0. The van der Waals surface area contributed by atoms with Crippen molar-refractivity contribution in [2.24, 2.45) is 0 Å². The molecule has 1 heterocycles. The molecular formula is C17H13BrN2O3S. The summed E-state index contributed by atoms with van der Waals surface area (Å²) in [4.78, 5) is 11.4. The van der Waals surface area contributed by atoms with Gasteiger partial charge in [-0.3, -0.25) is 0 Å². The lowest BCUT2D eigenvalue weighted by atomic mass is 10.1. The summed E-state index contributed by atoms with van der Waals surface area (Å²) >= 11 is 4.87.